The number of nitrogens with two attached hydrogens (primary N) is 1. The van der Waals surface area contributed by atoms with Crippen molar-refractivity contribution in [2.24, 2.45) is 35.3 Å². The third kappa shape index (κ3) is 3.33. The highest BCUT2D eigenvalue weighted by Crippen LogP contribution is 2.55. The minimum Gasteiger partial charge on any atom is -0.507 e. The van der Waals surface area contributed by atoms with E-state index >= 15 is 0 Å². The molecule has 4 N–H and O–H groups in total. The van der Waals surface area contributed by atoms with Crippen LogP contribution in [0, 0.1) is 29.6 Å². The zero-order valence-electron chi connectivity index (χ0n) is 20.5. The van der Waals surface area contributed by atoms with Gasteiger partial charge in [0.1, 0.15) is 11.9 Å². The van der Waals surface area contributed by atoms with Crippen molar-refractivity contribution in [2.75, 3.05) is 14.1 Å². The lowest BCUT2D eigenvalue weighted by Crippen LogP contribution is -2.78. The number of phenolic OH excluding ortho intramolecular Hbond substituents is 1. The van der Waals surface area contributed by atoms with Gasteiger partial charge < -0.3 is 20.7 Å². The van der Waals surface area contributed by atoms with E-state index in [-0.39, 0.29) is 11.3 Å². The van der Waals surface area contributed by atoms with Gasteiger partial charge in [0.05, 0.1) is 29.4 Å². The van der Waals surface area contributed by atoms with E-state index in [0.29, 0.717) is 18.4 Å². The maximum absolute atomic E-state index is 14.0. The van der Waals surface area contributed by atoms with E-state index in [2.05, 4.69) is 0 Å². The molecule has 0 radical (unpaired) electrons. The molecular formula is C26H28N2O9. The van der Waals surface area contributed by atoms with Gasteiger partial charge in [0.25, 0.3) is 0 Å². The first-order chi connectivity index (χ1) is 17.3. The van der Waals surface area contributed by atoms with Gasteiger partial charge >= 0.3 is 5.97 Å². The summed E-state index contributed by atoms with van der Waals surface area (Å²) in [5, 5.41) is 22.4. The summed E-state index contributed by atoms with van der Waals surface area (Å²) in [7, 11) is 2.94. The zero-order chi connectivity index (χ0) is 27.1. The fourth-order valence-corrected chi connectivity index (χ4v) is 6.62. The molecule has 196 valence electrons. The third-order valence-electron chi connectivity index (χ3n) is 8.49. The number of nitrogens with zero attached hydrogens (tertiary/aromatic N) is 1. The average Bonchev–Trinajstić information content (AvgIpc) is 3.66. The van der Waals surface area contributed by atoms with Gasteiger partial charge in [0.2, 0.25) is 5.91 Å². The predicted molar refractivity (Wildman–Crippen MR) is 124 cm³/mol. The molecule has 4 aliphatic carbocycles. The SMILES string of the molecule is CC1c2cccc(O)c2C(=O)C2C(=O)C3(O)C(=O)C(C(N)=O)C(=O)C(N(C)C)C3C(OC(=O)C3CC3)C21. The minimum atomic E-state index is -3.00. The molecule has 0 saturated heterocycles. The summed E-state index contributed by atoms with van der Waals surface area (Å²) in [4.78, 5) is 81.2. The summed E-state index contributed by atoms with van der Waals surface area (Å²) in [6.45, 7) is 1.70. The number of primary amides is 1. The van der Waals surface area contributed by atoms with Gasteiger partial charge in [-0.15, -0.1) is 0 Å². The Kier molecular flexibility index (Phi) is 5.65. The summed E-state index contributed by atoms with van der Waals surface area (Å²) in [5.41, 5.74) is 2.65. The lowest BCUT2D eigenvalue weighted by molar-refractivity contribution is -0.206. The van der Waals surface area contributed by atoms with Crippen molar-refractivity contribution in [2.45, 2.75) is 43.4 Å². The monoisotopic (exact) mass is 512 g/mol. The van der Waals surface area contributed by atoms with E-state index in [1.807, 2.05) is 0 Å². The molecule has 1 aromatic carbocycles. The number of phenols is 1. The van der Waals surface area contributed by atoms with Crippen LogP contribution in [0.2, 0.25) is 0 Å². The molecule has 0 heterocycles. The number of carbonyl (C=O) groups is 6. The Morgan fingerprint density at radius 3 is 2.32 bits per heavy atom. The van der Waals surface area contributed by atoms with Crippen LogP contribution in [-0.2, 0) is 28.7 Å². The summed E-state index contributed by atoms with van der Waals surface area (Å²) in [6.07, 6.45) is -0.237. The number of esters is 1. The molecule has 4 aliphatic rings. The number of fused-ring (bicyclic) bond motifs is 3. The van der Waals surface area contributed by atoms with E-state index in [9.17, 15) is 39.0 Å². The van der Waals surface area contributed by atoms with E-state index in [1.54, 1.807) is 13.0 Å². The highest BCUT2D eigenvalue weighted by Gasteiger charge is 2.74. The van der Waals surface area contributed by atoms with Gasteiger partial charge in [-0.25, -0.2) is 0 Å². The number of likely N-dealkylation sites (N-methyl/N-ethyl adjacent to an activating group) is 1. The smallest absolute Gasteiger partial charge is 0.309 e. The van der Waals surface area contributed by atoms with Crippen LogP contribution >= 0.6 is 0 Å². The molecule has 0 spiro atoms. The lowest BCUT2D eigenvalue weighted by atomic mass is 9.49. The number of amides is 1. The number of aromatic hydroxyl groups is 1. The van der Waals surface area contributed by atoms with Crippen molar-refractivity contribution >= 4 is 35.0 Å². The quantitative estimate of drug-likeness (QED) is 0.347. The van der Waals surface area contributed by atoms with Gasteiger partial charge in [-0.2, -0.15) is 0 Å². The Hall–Kier alpha value is -3.44. The van der Waals surface area contributed by atoms with Crippen molar-refractivity contribution in [3.05, 3.63) is 29.3 Å². The molecule has 1 amide bonds. The molecule has 11 heteroatoms. The largest absolute Gasteiger partial charge is 0.507 e. The van der Waals surface area contributed by atoms with Crippen molar-refractivity contribution in [3.63, 3.8) is 0 Å². The first-order valence-corrected chi connectivity index (χ1v) is 12.2. The standard InChI is InChI=1S/C26H28N2O9/c1-9-11-5-4-6-12(29)14(11)19(30)15-13(9)21(37-25(35)10-7-8-10)17-18(28(2)3)20(31)16(24(27)34)23(33)26(17,36)22(15)32/h4-6,9-10,13,15-18,21,29,36H,7-8H2,1-3H3,(H2,27,34). The van der Waals surface area contributed by atoms with Crippen LogP contribution in [0.25, 0.3) is 0 Å². The maximum Gasteiger partial charge on any atom is 0.309 e. The fourth-order valence-electron chi connectivity index (χ4n) is 6.62. The van der Waals surface area contributed by atoms with Crippen LogP contribution in [0.15, 0.2) is 18.2 Å². The Bertz CT molecular complexity index is 1270. The van der Waals surface area contributed by atoms with Gasteiger partial charge in [-0.1, -0.05) is 19.1 Å². The molecule has 8 atom stereocenters. The number of aliphatic hydroxyl groups is 1. The highest BCUT2D eigenvalue weighted by atomic mass is 16.5. The van der Waals surface area contributed by atoms with Crippen molar-refractivity contribution in [3.8, 4) is 5.75 Å². The average molecular weight is 513 g/mol. The summed E-state index contributed by atoms with van der Waals surface area (Å²) in [5.74, 6) is -14.1. The van der Waals surface area contributed by atoms with Gasteiger partial charge in [0.15, 0.2) is 34.7 Å². The summed E-state index contributed by atoms with van der Waals surface area (Å²) < 4.78 is 5.89. The molecule has 11 nitrogen and oxygen atoms in total. The Balaban J connectivity index is 1.76. The normalized spacial score (nSPS) is 37.1. The van der Waals surface area contributed by atoms with Crippen LogP contribution in [0.3, 0.4) is 0 Å². The Morgan fingerprint density at radius 1 is 1.11 bits per heavy atom. The molecule has 37 heavy (non-hydrogen) atoms. The fraction of sp³-hybridized carbons (Fsp3) is 0.538. The van der Waals surface area contributed by atoms with Gasteiger partial charge in [-0.05, 0) is 44.5 Å². The third-order valence-corrected chi connectivity index (χ3v) is 8.49. The maximum atomic E-state index is 14.0. The number of carbonyl (C=O) groups excluding carboxylic acids is 6. The molecule has 3 saturated carbocycles. The second kappa shape index (κ2) is 8.29. The molecule has 0 aromatic heterocycles. The van der Waals surface area contributed by atoms with Crippen molar-refractivity contribution in [1.82, 2.24) is 4.90 Å². The molecule has 8 unspecified atom stereocenters. The molecule has 0 aliphatic heterocycles. The second-order valence-corrected chi connectivity index (χ2v) is 10.8. The van der Waals surface area contributed by atoms with Crippen molar-refractivity contribution in [1.29, 1.82) is 0 Å². The number of ether oxygens (including phenoxy) is 1. The first-order valence-electron chi connectivity index (χ1n) is 12.2. The van der Waals surface area contributed by atoms with Gasteiger partial charge in [0, 0.05) is 5.92 Å². The lowest BCUT2D eigenvalue weighted by Gasteiger charge is -2.56. The highest BCUT2D eigenvalue weighted by molar-refractivity contribution is 6.32. The molecular weight excluding hydrogens is 484 g/mol. The first kappa shape index (κ1) is 25.2. The molecule has 5 rings (SSSR count). The molecule has 0 bridgehead atoms. The van der Waals surface area contributed by atoms with E-state index < -0.39 is 88.3 Å². The van der Waals surface area contributed by atoms with E-state index in [0.717, 1.165) is 0 Å². The van der Waals surface area contributed by atoms with Crippen LogP contribution in [-0.4, -0.2) is 82.0 Å². The van der Waals surface area contributed by atoms with Gasteiger partial charge in [-0.3, -0.25) is 33.7 Å². The number of Topliss-reactive ketones (excluding diaryl/α,β-unsaturated/α-hetero) is 4. The van der Waals surface area contributed by atoms with E-state index in [1.165, 1.54) is 31.1 Å². The minimum absolute atomic E-state index is 0.117. The Morgan fingerprint density at radius 2 is 1.76 bits per heavy atom. The van der Waals surface area contributed by atoms with Crippen LogP contribution in [0.1, 0.15) is 41.6 Å². The number of hydrogen-bond acceptors (Lipinski definition) is 10. The Labute approximate surface area is 211 Å². The number of benzene rings is 1. The van der Waals surface area contributed by atoms with Crippen molar-refractivity contribution < 1.29 is 43.7 Å². The number of hydrogen-bond donors (Lipinski definition) is 3. The molecule has 3 fully saturated rings. The number of ketones is 4. The van der Waals surface area contributed by atoms with Crippen LogP contribution in [0.4, 0.5) is 0 Å². The second-order valence-electron chi connectivity index (χ2n) is 10.8. The topological polar surface area (TPSA) is 181 Å². The predicted octanol–water partition coefficient (Wildman–Crippen LogP) is -0.640. The van der Waals surface area contributed by atoms with Crippen LogP contribution < -0.4 is 5.73 Å². The molecule has 1 aromatic rings. The zero-order valence-corrected chi connectivity index (χ0v) is 20.5. The van der Waals surface area contributed by atoms with Crippen LogP contribution in [0.5, 0.6) is 5.75 Å². The summed E-state index contributed by atoms with van der Waals surface area (Å²) >= 11 is 0. The summed E-state index contributed by atoms with van der Waals surface area (Å²) in [6, 6.07) is 3.05. The van der Waals surface area contributed by atoms with E-state index in [4.69, 9.17) is 10.5 Å². The number of rotatable bonds is 4.